The van der Waals surface area contributed by atoms with E-state index in [1.165, 1.54) is 0 Å². The molecule has 1 aromatic rings. The van der Waals surface area contributed by atoms with E-state index in [9.17, 15) is 0 Å². The van der Waals surface area contributed by atoms with Gasteiger partial charge in [0, 0.05) is 22.7 Å². The zero-order valence-electron chi connectivity index (χ0n) is 8.49. The lowest BCUT2D eigenvalue weighted by atomic mass is 10.3. The lowest BCUT2D eigenvalue weighted by Crippen LogP contribution is -2.05. The molecule has 0 fully saturated rings. The molecule has 1 heterocycles. The number of halogens is 1. The molecule has 76 valence electrons. The second kappa shape index (κ2) is 4.94. The Morgan fingerprint density at radius 1 is 1.50 bits per heavy atom. The molecule has 0 aliphatic rings. The summed E-state index contributed by atoms with van der Waals surface area (Å²) in [4.78, 5) is 4.11. The Kier molecular flexibility index (Phi) is 4.13. The molecular formula is C10H13BrN2S. The Morgan fingerprint density at radius 3 is 2.79 bits per heavy atom. The topological polar surface area (TPSA) is 25.2 Å². The van der Waals surface area contributed by atoms with Gasteiger partial charge in [-0.1, -0.05) is 0 Å². The number of hydrogen-bond acceptors (Lipinski definition) is 3. The lowest BCUT2D eigenvalue weighted by Gasteiger charge is -2.12. The molecule has 0 saturated heterocycles. The molecule has 0 saturated carbocycles. The van der Waals surface area contributed by atoms with Crippen molar-refractivity contribution in [2.75, 3.05) is 0 Å². The zero-order valence-corrected chi connectivity index (χ0v) is 10.9. The van der Waals surface area contributed by atoms with Crippen molar-refractivity contribution in [1.82, 2.24) is 4.98 Å². The summed E-state index contributed by atoms with van der Waals surface area (Å²) >= 11 is 4.92. The Labute approximate surface area is 97.5 Å². The van der Waals surface area contributed by atoms with Gasteiger partial charge in [0.15, 0.2) is 0 Å². The monoisotopic (exact) mass is 272 g/mol. The number of nitrogens with zero attached hydrogens (tertiary/aromatic N) is 2. The second-order valence-electron chi connectivity index (χ2n) is 3.82. The summed E-state index contributed by atoms with van der Waals surface area (Å²) in [7, 11) is 0. The molecule has 14 heavy (non-hydrogen) atoms. The molecule has 0 N–H and O–H groups in total. The van der Waals surface area contributed by atoms with E-state index in [1.807, 2.05) is 18.3 Å². The summed E-state index contributed by atoms with van der Waals surface area (Å²) in [5, 5.41) is 0. The van der Waals surface area contributed by atoms with E-state index in [0.29, 0.717) is 0 Å². The largest absolute Gasteiger partial charge is 0.249 e. The first-order valence-electron chi connectivity index (χ1n) is 4.31. The first-order valence-corrected chi connectivity index (χ1v) is 5.88. The number of hydrogen-bond donors (Lipinski definition) is 0. The highest BCUT2D eigenvalue weighted by Gasteiger charge is 2.09. The fraction of sp³-hybridized carbons (Fsp3) is 0.400. The lowest BCUT2D eigenvalue weighted by molar-refractivity contribution is 0.804. The van der Waals surface area contributed by atoms with E-state index in [1.54, 1.807) is 18.1 Å². The van der Waals surface area contributed by atoms with Gasteiger partial charge in [0.1, 0.15) is 4.60 Å². The third-order valence-corrected chi connectivity index (χ3v) is 2.73. The zero-order chi connectivity index (χ0) is 10.6. The number of pyridine rings is 1. The van der Waals surface area contributed by atoms with Gasteiger partial charge in [-0.2, -0.15) is 0 Å². The van der Waals surface area contributed by atoms with Crippen LogP contribution in [0.3, 0.4) is 0 Å². The molecule has 0 aromatic carbocycles. The summed E-state index contributed by atoms with van der Waals surface area (Å²) in [5.41, 5.74) is 1.00. The smallest absolute Gasteiger partial charge is 0.114 e. The highest BCUT2D eigenvalue weighted by atomic mass is 79.9. The van der Waals surface area contributed by atoms with E-state index in [4.69, 9.17) is 0 Å². The normalized spacial score (nSPS) is 12.3. The molecule has 0 aliphatic carbocycles. The summed E-state index contributed by atoms with van der Waals surface area (Å²) in [6.07, 6.45) is 3.57. The average molecular weight is 273 g/mol. The number of aromatic nitrogens is 1. The Morgan fingerprint density at radius 2 is 2.21 bits per heavy atom. The predicted molar refractivity (Wildman–Crippen MR) is 66.9 cm³/mol. The van der Waals surface area contributed by atoms with Crippen molar-refractivity contribution in [2.45, 2.75) is 25.5 Å². The third kappa shape index (κ3) is 4.24. The number of rotatable bonds is 2. The van der Waals surface area contributed by atoms with Crippen LogP contribution in [0.2, 0.25) is 0 Å². The van der Waals surface area contributed by atoms with Gasteiger partial charge in [0.05, 0.1) is 0 Å². The highest BCUT2D eigenvalue weighted by molar-refractivity contribution is 9.10. The molecule has 0 radical (unpaired) electrons. The molecule has 1 aromatic heterocycles. The van der Waals surface area contributed by atoms with Crippen molar-refractivity contribution in [3.05, 3.63) is 28.5 Å². The maximum Gasteiger partial charge on any atom is 0.114 e. The maximum atomic E-state index is 4.30. The highest BCUT2D eigenvalue weighted by Crippen LogP contribution is 2.24. The molecule has 1 rings (SSSR count). The quantitative estimate of drug-likeness (QED) is 0.466. The summed E-state index contributed by atoms with van der Waals surface area (Å²) in [5.74, 6) is 0. The summed E-state index contributed by atoms with van der Waals surface area (Å²) < 4.78 is 5.29. The molecule has 0 atom stereocenters. The van der Waals surface area contributed by atoms with Crippen LogP contribution >= 0.6 is 27.9 Å². The van der Waals surface area contributed by atoms with Crippen LogP contribution in [-0.4, -0.2) is 15.9 Å². The van der Waals surface area contributed by atoms with Gasteiger partial charge in [-0.15, -0.1) is 0 Å². The second-order valence-corrected chi connectivity index (χ2v) is 6.19. The van der Waals surface area contributed by atoms with Gasteiger partial charge in [0.25, 0.3) is 0 Å². The summed E-state index contributed by atoms with van der Waals surface area (Å²) in [6.45, 7) is 6.40. The van der Waals surface area contributed by atoms with Gasteiger partial charge in [-0.25, -0.2) is 9.38 Å². The van der Waals surface area contributed by atoms with Gasteiger partial charge >= 0.3 is 0 Å². The van der Waals surface area contributed by atoms with E-state index in [-0.39, 0.29) is 4.75 Å². The third-order valence-electron chi connectivity index (χ3n) is 1.31. The van der Waals surface area contributed by atoms with Crippen molar-refractivity contribution in [3.63, 3.8) is 0 Å². The van der Waals surface area contributed by atoms with Gasteiger partial charge in [0.2, 0.25) is 0 Å². The molecule has 0 bridgehead atoms. The van der Waals surface area contributed by atoms with Crippen LogP contribution in [-0.2, 0) is 0 Å². The fourth-order valence-corrected chi connectivity index (χ4v) is 1.57. The Hall–Kier alpha value is -0.350. The predicted octanol–water partition coefficient (Wildman–Crippen LogP) is 3.71. The Balaban J connectivity index is 2.65. The minimum absolute atomic E-state index is 0.158. The van der Waals surface area contributed by atoms with Crippen LogP contribution in [0, 0.1) is 0 Å². The standard InChI is InChI=1S/C10H13BrN2S/c1-10(2,3)14-13-7-8-5-4-6-12-9(8)11/h4-7H,1-3H3/b13-7+. The van der Waals surface area contributed by atoms with Crippen LogP contribution in [0.5, 0.6) is 0 Å². The van der Waals surface area contributed by atoms with Crippen LogP contribution in [0.15, 0.2) is 27.3 Å². The molecule has 0 spiro atoms. The van der Waals surface area contributed by atoms with Crippen molar-refractivity contribution in [1.29, 1.82) is 0 Å². The van der Waals surface area contributed by atoms with Crippen LogP contribution in [0.4, 0.5) is 0 Å². The van der Waals surface area contributed by atoms with Crippen LogP contribution in [0.25, 0.3) is 0 Å². The first kappa shape index (κ1) is 11.7. The summed E-state index contributed by atoms with van der Waals surface area (Å²) in [6, 6.07) is 3.87. The van der Waals surface area contributed by atoms with Gasteiger partial charge in [-0.05, 0) is 60.8 Å². The van der Waals surface area contributed by atoms with E-state index < -0.39 is 0 Å². The SMILES string of the molecule is CC(C)(C)S/N=C/c1cccnc1Br. The van der Waals surface area contributed by atoms with E-state index in [0.717, 1.165) is 10.2 Å². The first-order chi connectivity index (χ1) is 6.49. The van der Waals surface area contributed by atoms with Crippen molar-refractivity contribution < 1.29 is 0 Å². The molecule has 0 unspecified atom stereocenters. The molecule has 2 nitrogen and oxygen atoms in total. The molecule has 0 amide bonds. The Bertz CT molecular complexity index is 331. The van der Waals surface area contributed by atoms with Gasteiger partial charge in [-0.3, -0.25) is 0 Å². The van der Waals surface area contributed by atoms with Crippen molar-refractivity contribution in [3.8, 4) is 0 Å². The minimum atomic E-state index is 0.158. The van der Waals surface area contributed by atoms with Crippen LogP contribution < -0.4 is 0 Å². The minimum Gasteiger partial charge on any atom is -0.249 e. The van der Waals surface area contributed by atoms with Gasteiger partial charge < -0.3 is 0 Å². The van der Waals surface area contributed by atoms with E-state index in [2.05, 4.69) is 46.1 Å². The molecule has 0 aliphatic heterocycles. The van der Waals surface area contributed by atoms with E-state index >= 15 is 0 Å². The molecular weight excluding hydrogens is 260 g/mol. The fourth-order valence-electron chi connectivity index (χ4n) is 0.736. The van der Waals surface area contributed by atoms with Crippen LogP contribution in [0.1, 0.15) is 26.3 Å². The molecule has 4 heteroatoms. The van der Waals surface area contributed by atoms with Crippen molar-refractivity contribution >= 4 is 34.1 Å². The van der Waals surface area contributed by atoms with Crippen molar-refractivity contribution in [2.24, 2.45) is 4.40 Å². The maximum absolute atomic E-state index is 4.30. The average Bonchev–Trinajstić information content (AvgIpc) is 2.06.